The first-order valence-corrected chi connectivity index (χ1v) is 6.65. The third kappa shape index (κ3) is 3.07. The van der Waals surface area contributed by atoms with E-state index in [0.29, 0.717) is 5.56 Å². The second-order valence-corrected chi connectivity index (χ2v) is 5.14. The first kappa shape index (κ1) is 13.4. The van der Waals surface area contributed by atoms with Gasteiger partial charge in [-0.15, -0.1) is 0 Å². The molecule has 2 aromatic carbocycles. The Balaban J connectivity index is 2.27. The highest BCUT2D eigenvalue weighted by molar-refractivity contribution is 9.10. The number of nitriles is 1. The Kier molecular flexibility index (Phi) is 4.08. The summed E-state index contributed by atoms with van der Waals surface area (Å²) < 4.78 is 0.866. The molecule has 0 heterocycles. The number of aromatic hydroxyl groups is 1. The summed E-state index contributed by atoms with van der Waals surface area (Å²) in [7, 11) is 0. The van der Waals surface area contributed by atoms with Crippen molar-refractivity contribution in [1.82, 2.24) is 0 Å². The van der Waals surface area contributed by atoms with Gasteiger partial charge in [0.25, 0.3) is 0 Å². The molecule has 3 nitrogen and oxygen atoms in total. The SMILES string of the molecule is CC(Nc1ccc(Br)cc1C#N)c1ccccc1O. The summed E-state index contributed by atoms with van der Waals surface area (Å²) in [6, 6.07) is 14.7. The predicted molar refractivity (Wildman–Crippen MR) is 79.0 cm³/mol. The largest absolute Gasteiger partial charge is 0.508 e. The standard InChI is InChI=1S/C15H13BrN2O/c1-10(13-4-2-3-5-15(13)19)18-14-7-6-12(16)8-11(14)9-17/h2-8,10,18-19H,1H3. The third-order valence-corrected chi connectivity index (χ3v) is 3.37. The van der Waals surface area contributed by atoms with E-state index in [-0.39, 0.29) is 11.8 Å². The van der Waals surface area contributed by atoms with Crippen LogP contribution in [0.3, 0.4) is 0 Å². The van der Waals surface area contributed by atoms with Crippen LogP contribution in [0.4, 0.5) is 5.69 Å². The molecule has 0 aliphatic carbocycles. The maximum absolute atomic E-state index is 9.82. The number of phenols is 1. The molecule has 0 spiro atoms. The van der Waals surface area contributed by atoms with E-state index in [4.69, 9.17) is 5.26 Å². The normalized spacial score (nSPS) is 11.6. The molecule has 0 aliphatic heterocycles. The van der Waals surface area contributed by atoms with E-state index in [0.717, 1.165) is 15.7 Å². The minimum absolute atomic E-state index is 0.0884. The highest BCUT2D eigenvalue weighted by Crippen LogP contribution is 2.28. The molecule has 0 saturated heterocycles. The lowest BCUT2D eigenvalue weighted by Crippen LogP contribution is -2.08. The Labute approximate surface area is 120 Å². The highest BCUT2D eigenvalue weighted by Gasteiger charge is 2.11. The molecule has 2 aromatic rings. The molecule has 0 aliphatic rings. The fourth-order valence-electron chi connectivity index (χ4n) is 1.90. The van der Waals surface area contributed by atoms with Crippen molar-refractivity contribution in [3.8, 4) is 11.8 Å². The molecule has 0 saturated carbocycles. The summed E-state index contributed by atoms with van der Waals surface area (Å²) in [6.07, 6.45) is 0. The molecule has 19 heavy (non-hydrogen) atoms. The number of hydrogen-bond donors (Lipinski definition) is 2. The van der Waals surface area contributed by atoms with Crippen LogP contribution in [0.15, 0.2) is 46.9 Å². The van der Waals surface area contributed by atoms with Gasteiger partial charge in [0.1, 0.15) is 11.8 Å². The van der Waals surface area contributed by atoms with E-state index in [9.17, 15) is 5.11 Å². The zero-order valence-corrected chi connectivity index (χ0v) is 12.0. The van der Waals surface area contributed by atoms with Crippen molar-refractivity contribution in [2.75, 3.05) is 5.32 Å². The van der Waals surface area contributed by atoms with Crippen LogP contribution in [0.1, 0.15) is 24.1 Å². The van der Waals surface area contributed by atoms with Gasteiger partial charge in [-0.05, 0) is 31.2 Å². The van der Waals surface area contributed by atoms with Crippen LogP contribution >= 0.6 is 15.9 Å². The molecule has 0 radical (unpaired) electrons. The van der Waals surface area contributed by atoms with E-state index < -0.39 is 0 Å². The highest BCUT2D eigenvalue weighted by atomic mass is 79.9. The number of phenolic OH excluding ortho intramolecular Hbond substituents is 1. The van der Waals surface area contributed by atoms with Gasteiger partial charge in [-0.2, -0.15) is 5.26 Å². The van der Waals surface area contributed by atoms with Gasteiger partial charge in [0, 0.05) is 10.0 Å². The average Bonchev–Trinajstić information content (AvgIpc) is 2.41. The van der Waals surface area contributed by atoms with Crippen LogP contribution in [0.5, 0.6) is 5.75 Å². The summed E-state index contributed by atoms with van der Waals surface area (Å²) in [5, 5.41) is 22.2. The minimum atomic E-state index is -0.0884. The predicted octanol–water partition coefficient (Wildman–Crippen LogP) is 4.20. The number of anilines is 1. The molecule has 0 bridgehead atoms. The number of nitrogens with one attached hydrogen (secondary N) is 1. The molecule has 2 N–H and O–H groups in total. The van der Waals surface area contributed by atoms with Crippen molar-refractivity contribution < 1.29 is 5.11 Å². The van der Waals surface area contributed by atoms with E-state index in [1.165, 1.54) is 0 Å². The fourth-order valence-corrected chi connectivity index (χ4v) is 2.26. The quantitative estimate of drug-likeness (QED) is 0.892. The van der Waals surface area contributed by atoms with Gasteiger partial charge in [-0.3, -0.25) is 0 Å². The number of hydrogen-bond acceptors (Lipinski definition) is 3. The smallest absolute Gasteiger partial charge is 0.120 e. The van der Waals surface area contributed by atoms with Crippen LogP contribution in [-0.2, 0) is 0 Å². The van der Waals surface area contributed by atoms with Crippen molar-refractivity contribution in [2.45, 2.75) is 13.0 Å². The van der Waals surface area contributed by atoms with Gasteiger partial charge < -0.3 is 10.4 Å². The zero-order chi connectivity index (χ0) is 13.8. The van der Waals surface area contributed by atoms with Crippen LogP contribution in [-0.4, -0.2) is 5.11 Å². The van der Waals surface area contributed by atoms with Gasteiger partial charge in [-0.1, -0.05) is 34.1 Å². The van der Waals surface area contributed by atoms with Crippen molar-refractivity contribution in [1.29, 1.82) is 5.26 Å². The molecule has 0 aromatic heterocycles. The Morgan fingerprint density at radius 2 is 2.00 bits per heavy atom. The number of halogens is 1. The molecule has 1 unspecified atom stereocenters. The number of benzene rings is 2. The topological polar surface area (TPSA) is 56.0 Å². The number of rotatable bonds is 3. The molecule has 0 fully saturated rings. The van der Waals surface area contributed by atoms with Crippen molar-refractivity contribution in [2.24, 2.45) is 0 Å². The molecular weight excluding hydrogens is 304 g/mol. The number of para-hydroxylation sites is 1. The molecule has 1 atom stereocenters. The van der Waals surface area contributed by atoms with Crippen molar-refractivity contribution in [3.63, 3.8) is 0 Å². The summed E-state index contributed by atoms with van der Waals surface area (Å²) in [6.45, 7) is 1.94. The van der Waals surface area contributed by atoms with E-state index in [2.05, 4.69) is 27.3 Å². The van der Waals surface area contributed by atoms with Gasteiger partial charge >= 0.3 is 0 Å². The molecule has 0 amide bonds. The first-order valence-electron chi connectivity index (χ1n) is 5.86. The number of nitrogens with zero attached hydrogens (tertiary/aromatic N) is 1. The Hall–Kier alpha value is -1.99. The Morgan fingerprint density at radius 3 is 2.68 bits per heavy atom. The first-order chi connectivity index (χ1) is 9.11. The summed E-state index contributed by atoms with van der Waals surface area (Å²) in [4.78, 5) is 0. The van der Waals surface area contributed by atoms with Crippen LogP contribution in [0, 0.1) is 11.3 Å². The maximum Gasteiger partial charge on any atom is 0.120 e. The van der Waals surface area contributed by atoms with Gasteiger partial charge in [-0.25, -0.2) is 0 Å². The Morgan fingerprint density at radius 1 is 1.26 bits per heavy atom. The third-order valence-electron chi connectivity index (χ3n) is 2.88. The van der Waals surface area contributed by atoms with Gasteiger partial charge in [0.2, 0.25) is 0 Å². The van der Waals surface area contributed by atoms with Crippen LogP contribution in [0.25, 0.3) is 0 Å². The Bertz CT molecular complexity index is 634. The monoisotopic (exact) mass is 316 g/mol. The lowest BCUT2D eigenvalue weighted by Gasteiger charge is -2.17. The summed E-state index contributed by atoms with van der Waals surface area (Å²) in [5.74, 6) is 0.248. The second-order valence-electron chi connectivity index (χ2n) is 4.23. The van der Waals surface area contributed by atoms with E-state index >= 15 is 0 Å². The fraction of sp³-hybridized carbons (Fsp3) is 0.133. The average molecular weight is 317 g/mol. The maximum atomic E-state index is 9.82. The zero-order valence-electron chi connectivity index (χ0n) is 10.4. The summed E-state index contributed by atoms with van der Waals surface area (Å²) >= 11 is 3.34. The minimum Gasteiger partial charge on any atom is -0.508 e. The molecule has 96 valence electrons. The van der Waals surface area contributed by atoms with Crippen LogP contribution in [0.2, 0.25) is 0 Å². The van der Waals surface area contributed by atoms with Gasteiger partial charge in [0.05, 0.1) is 17.3 Å². The van der Waals surface area contributed by atoms with Gasteiger partial charge in [0.15, 0.2) is 0 Å². The van der Waals surface area contributed by atoms with Crippen LogP contribution < -0.4 is 5.32 Å². The van der Waals surface area contributed by atoms with E-state index in [1.807, 2.05) is 31.2 Å². The van der Waals surface area contributed by atoms with Crippen molar-refractivity contribution in [3.05, 3.63) is 58.1 Å². The molecule has 4 heteroatoms. The van der Waals surface area contributed by atoms with Crippen molar-refractivity contribution >= 4 is 21.6 Å². The lowest BCUT2D eigenvalue weighted by atomic mass is 10.1. The lowest BCUT2D eigenvalue weighted by molar-refractivity contribution is 0.465. The molecule has 2 rings (SSSR count). The van der Waals surface area contributed by atoms with E-state index in [1.54, 1.807) is 18.2 Å². The molecular formula is C15H13BrN2O. The summed E-state index contributed by atoms with van der Waals surface area (Å²) in [5.41, 5.74) is 2.12. The second kappa shape index (κ2) is 5.77.